The molecule has 0 aliphatic rings. The largest absolute Gasteiger partial charge is 0.496 e. The van der Waals surface area contributed by atoms with Crippen LogP contribution in [0, 0.1) is 0 Å². The summed E-state index contributed by atoms with van der Waals surface area (Å²) in [5.74, 6) is 0.860. The zero-order valence-electron chi connectivity index (χ0n) is 12.1. The van der Waals surface area contributed by atoms with E-state index in [0.717, 1.165) is 30.1 Å². The summed E-state index contributed by atoms with van der Waals surface area (Å²) >= 11 is 0. The molecule has 0 spiro atoms. The Morgan fingerprint density at radius 2 is 1.89 bits per heavy atom. The molecule has 0 heterocycles. The van der Waals surface area contributed by atoms with E-state index in [9.17, 15) is 0 Å². The fraction of sp³-hybridized carbons (Fsp3) is 0.571. The molecule has 2 N–H and O–H groups in total. The molecule has 0 saturated carbocycles. The average molecular weight is 251 g/mol. The van der Waals surface area contributed by atoms with Crippen LogP contribution in [0.15, 0.2) is 18.2 Å². The SMILES string of the molecule is COc1cccc(N(C)CCN(C)C)c1[C@@H](C)N. The van der Waals surface area contributed by atoms with Gasteiger partial charge in [-0.1, -0.05) is 6.07 Å². The second kappa shape index (κ2) is 6.61. The molecule has 1 atom stereocenters. The van der Waals surface area contributed by atoms with Gasteiger partial charge in [-0.05, 0) is 33.2 Å². The van der Waals surface area contributed by atoms with Crippen LogP contribution in [-0.2, 0) is 0 Å². The van der Waals surface area contributed by atoms with Gasteiger partial charge in [0.05, 0.1) is 7.11 Å². The van der Waals surface area contributed by atoms with E-state index in [2.05, 4.69) is 37.0 Å². The second-order valence-corrected chi connectivity index (χ2v) is 4.91. The number of methoxy groups -OCH3 is 1. The molecule has 0 amide bonds. The van der Waals surface area contributed by atoms with Crippen molar-refractivity contribution in [2.45, 2.75) is 13.0 Å². The van der Waals surface area contributed by atoms with E-state index in [1.54, 1.807) is 7.11 Å². The minimum absolute atomic E-state index is 0.0436. The third-order valence-corrected chi connectivity index (χ3v) is 3.01. The Hall–Kier alpha value is -1.26. The third kappa shape index (κ3) is 3.62. The van der Waals surface area contributed by atoms with Gasteiger partial charge in [0.25, 0.3) is 0 Å². The van der Waals surface area contributed by atoms with Crippen molar-refractivity contribution in [3.8, 4) is 5.75 Å². The van der Waals surface area contributed by atoms with Crippen molar-refractivity contribution in [1.29, 1.82) is 0 Å². The number of likely N-dealkylation sites (N-methyl/N-ethyl adjacent to an activating group) is 2. The zero-order valence-corrected chi connectivity index (χ0v) is 12.1. The van der Waals surface area contributed by atoms with Crippen LogP contribution >= 0.6 is 0 Å². The van der Waals surface area contributed by atoms with E-state index < -0.39 is 0 Å². The normalized spacial score (nSPS) is 12.6. The average Bonchev–Trinajstić information content (AvgIpc) is 2.34. The monoisotopic (exact) mass is 251 g/mol. The van der Waals surface area contributed by atoms with Crippen molar-refractivity contribution < 1.29 is 4.74 Å². The summed E-state index contributed by atoms with van der Waals surface area (Å²) in [5.41, 5.74) is 8.28. The number of hydrogen-bond donors (Lipinski definition) is 1. The predicted octanol–water partition coefficient (Wildman–Crippen LogP) is 1.71. The van der Waals surface area contributed by atoms with Crippen LogP contribution < -0.4 is 15.4 Å². The maximum Gasteiger partial charge on any atom is 0.125 e. The molecular formula is C14H25N3O. The molecule has 0 aromatic heterocycles. The lowest BCUT2D eigenvalue weighted by atomic mass is 10.0. The van der Waals surface area contributed by atoms with Gasteiger partial charge in [-0.15, -0.1) is 0 Å². The molecule has 0 fully saturated rings. The Balaban J connectivity index is 2.99. The third-order valence-electron chi connectivity index (χ3n) is 3.01. The summed E-state index contributed by atoms with van der Waals surface area (Å²) in [6, 6.07) is 6.02. The van der Waals surface area contributed by atoms with E-state index in [4.69, 9.17) is 10.5 Å². The van der Waals surface area contributed by atoms with Crippen molar-refractivity contribution in [2.24, 2.45) is 5.73 Å². The fourth-order valence-corrected chi connectivity index (χ4v) is 1.97. The summed E-state index contributed by atoms with van der Waals surface area (Å²) in [6.45, 7) is 3.95. The summed E-state index contributed by atoms with van der Waals surface area (Å²) in [7, 11) is 7.92. The first-order valence-corrected chi connectivity index (χ1v) is 6.25. The molecule has 0 aliphatic heterocycles. The van der Waals surface area contributed by atoms with Gasteiger partial charge in [-0.3, -0.25) is 0 Å². The van der Waals surface area contributed by atoms with Crippen LogP contribution in [0.5, 0.6) is 5.75 Å². The van der Waals surface area contributed by atoms with Crippen LogP contribution in [0.2, 0.25) is 0 Å². The first-order chi connectivity index (χ1) is 8.47. The Labute approximate surface area is 110 Å². The van der Waals surface area contributed by atoms with Gasteiger partial charge in [0.2, 0.25) is 0 Å². The van der Waals surface area contributed by atoms with Gasteiger partial charge < -0.3 is 20.3 Å². The van der Waals surface area contributed by atoms with Gasteiger partial charge in [0.15, 0.2) is 0 Å². The van der Waals surface area contributed by atoms with Gasteiger partial charge >= 0.3 is 0 Å². The number of anilines is 1. The topological polar surface area (TPSA) is 41.7 Å². The molecule has 0 saturated heterocycles. The standard InChI is InChI=1S/C14H25N3O/c1-11(15)14-12(7-6-8-13(14)18-5)17(4)10-9-16(2)3/h6-8,11H,9-10,15H2,1-5H3/t11-/m1/s1. The van der Waals surface area contributed by atoms with Gasteiger partial charge in [0.1, 0.15) is 5.75 Å². The van der Waals surface area contributed by atoms with Crippen molar-refractivity contribution in [3.63, 3.8) is 0 Å². The van der Waals surface area contributed by atoms with E-state index in [-0.39, 0.29) is 6.04 Å². The van der Waals surface area contributed by atoms with Gasteiger partial charge in [-0.25, -0.2) is 0 Å². The molecule has 0 aliphatic carbocycles. The van der Waals surface area contributed by atoms with Crippen LogP contribution in [0.4, 0.5) is 5.69 Å². The lowest BCUT2D eigenvalue weighted by Gasteiger charge is -2.26. The Kier molecular flexibility index (Phi) is 5.44. The number of ether oxygens (including phenoxy) is 1. The van der Waals surface area contributed by atoms with E-state index >= 15 is 0 Å². The summed E-state index contributed by atoms with van der Waals surface area (Å²) in [4.78, 5) is 4.39. The fourth-order valence-electron chi connectivity index (χ4n) is 1.97. The van der Waals surface area contributed by atoms with Crippen LogP contribution in [0.3, 0.4) is 0 Å². The Morgan fingerprint density at radius 1 is 1.22 bits per heavy atom. The molecule has 4 nitrogen and oxygen atoms in total. The Morgan fingerprint density at radius 3 is 2.39 bits per heavy atom. The molecule has 0 unspecified atom stereocenters. The molecule has 1 aromatic rings. The molecule has 18 heavy (non-hydrogen) atoms. The molecule has 0 bridgehead atoms. The van der Waals surface area contributed by atoms with Crippen molar-refractivity contribution in [3.05, 3.63) is 23.8 Å². The number of rotatable bonds is 6. The van der Waals surface area contributed by atoms with Crippen molar-refractivity contribution in [2.75, 3.05) is 46.2 Å². The zero-order chi connectivity index (χ0) is 13.7. The van der Waals surface area contributed by atoms with Crippen LogP contribution in [-0.4, -0.2) is 46.2 Å². The number of nitrogens with two attached hydrogens (primary N) is 1. The number of nitrogens with zero attached hydrogens (tertiary/aromatic N) is 2. The lowest BCUT2D eigenvalue weighted by molar-refractivity contribution is 0.405. The lowest BCUT2D eigenvalue weighted by Crippen LogP contribution is -2.29. The van der Waals surface area contributed by atoms with Crippen LogP contribution in [0.1, 0.15) is 18.5 Å². The highest BCUT2D eigenvalue weighted by atomic mass is 16.5. The van der Waals surface area contributed by atoms with Crippen molar-refractivity contribution >= 4 is 5.69 Å². The smallest absolute Gasteiger partial charge is 0.125 e. The number of hydrogen-bond acceptors (Lipinski definition) is 4. The first-order valence-electron chi connectivity index (χ1n) is 6.25. The Bertz CT molecular complexity index is 377. The summed E-state index contributed by atoms with van der Waals surface area (Å²) in [6.07, 6.45) is 0. The highest BCUT2D eigenvalue weighted by molar-refractivity contribution is 5.60. The highest BCUT2D eigenvalue weighted by Gasteiger charge is 2.15. The van der Waals surface area contributed by atoms with Crippen molar-refractivity contribution in [1.82, 2.24) is 4.90 Å². The van der Waals surface area contributed by atoms with E-state index in [1.165, 1.54) is 0 Å². The van der Waals surface area contributed by atoms with Gasteiger partial charge in [0, 0.05) is 37.4 Å². The van der Waals surface area contributed by atoms with Crippen LogP contribution in [0.25, 0.3) is 0 Å². The molecule has 0 radical (unpaired) electrons. The summed E-state index contributed by atoms with van der Waals surface area (Å²) in [5, 5.41) is 0. The minimum Gasteiger partial charge on any atom is -0.496 e. The molecule has 1 aromatic carbocycles. The summed E-state index contributed by atoms with van der Waals surface area (Å²) < 4.78 is 5.41. The minimum atomic E-state index is -0.0436. The van der Waals surface area contributed by atoms with Gasteiger partial charge in [-0.2, -0.15) is 0 Å². The molecule has 102 valence electrons. The first kappa shape index (κ1) is 14.8. The maximum atomic E-state index is 6.07. The van der Waals surface area contributed by atoms with E-state index in [0.29, 0.717) is 0 Å². The molecule has 4 heteroatoms. The highest BCUT2D eigenvalue weighted by Crippen LogP contribution is 2.32. The molecule has 1 rings (SSSR count). The quantitative estimate of drug-likeness (QED) is 0.836. The number of benzene rings is 1. The molecular weight excluding hydrogens is 226 g/mol. The van der Waals surface area contributed by atoms with E-state index in [1.807, 2.05) is 19.1 Å². The predicted molar refractivity (Wildman–Crippen MR) is 77.4 cm³/mol. The maximum absolute atomic E-state index is 6.07. The second-order valence-electron chi connectivity index (χ2n) is 4.91.